The Hall–Kier alpha value is -3.32. The Morgan fingerprint density at radius 1 is 1.16 bits per heavy atom. The molecule has 0 atom stereocenters. The Labute approximate surface area is 184 Å². The van der Waals surface area contributed by atoms with E-state index in [9.17, 15) is 9.59 Å². The van der Waals surface area contributed by atoms with Gasteiger partial charge in [0.05, 0.1) is 11.1 Å². The molecule has 0 unspecified atom stereocenters. The maximum atomic E-state index is 13.0. The van der Waals surface area contributed by atoms with Crippen molar-refractivity contribution in [1.29, 1.82) is 0 Å². The number of para-hydroxylation sites is 1. The number of rotatable bonds is 6. The molecule has 6 nitrogen and oxygen atoms in total. The molecule has 3 aromatic heterocycles. The summed E-state index contributed by atoms with van der Waals surface area (Å²) in [5.41, 5.74) is 5.09. The van der Waals surface area contributed by atoms with E-state index in [1.807, 2.05) is 68.0 Å². The van der Waals surface area contributed by atoms with E-state index in [4.69, 9.17) is 4.74 Å². The van der Waals surface area contributed by atoms with Gasteiger partial charge in [0.2, 0.25) is 5.78 Å². The van der Waals surface area contributed by atoms with Crippen molar-refractivity contribution in [2.75, 3.05) is 6.61 Å². The summed E-state index contributed by atoms with van der Waals surface area (Å²) >= 11 is 1.50. The Morgan fingerprint density at radius 3 is 2.65 bits per heavy atom. The van der Waals surface area contributed by atoms with Gasteiger partial charge in [0.15, 0.2) is 11.7 Å². The van der Waals surface area contributed by atoms with Gasteiger partial charge in [-0.05, 0) is 44.9 Å². The molecule has 0 aliphatic rings. The van der Waals surface area contributed by atoms with E-state index < -0.39 is 5.97 Å². The second kappa shape index (κ2) is 8.43. The number of aryl methyl sites for hydroxylation is 2. The molecule has 0 aliphatic carbocycles. The van der Waals surface area contributed by atoms with Crippen LogP contribution < -0.4 is 0 Å². The molecule has 1 aromatic carbocycles. The van der Waals surface area contributed by atoms with Gasteiger partial charge in [-0.3, -0.25) is 14.3 Å². The maximum Gasteiger partial charge on any atom is 0.339 e. The third kappa shape index (κ3) is 3.77. The molecule has 158 valence electrons. The highest BCUT2D eigenvalue weighted by Crippen LogP contribution is 2.25. The topological polar surface area (TPSA) is 74.1 Å². The summed E-state index contributed by atoms with van der Waals surface area (Å²) in [6, 6.07) is 9.30. The normalized spacial score (nSPS) is 11.1. The van der Waals surface area contributed by atoms with E-state index in [0.29, 0.717) is 17.5 Å². The number of nitrogens with zero attached hydrogens (tertiary/aromatic N) is 3. The standard InChI is InChI=1S/C24H23N3O3S/c1-5-19-15(3)22(17-8-6-7-9-20(17)26-19)23(29)30-13-21(28)18-12-14(2)27(16(18)4)24-25-10-11-31-24/h6-12H,5,13H2,1-4H3. The number of hydrogen-bond donors (Lipinski definition) is 0. The largest absolute Gasteiger partial charge is 0.454 e. The molecule has 0 saturated carbocycles. The third-order valence-electron chi connectivity index (χ3n) is 5.45. The van der Waals surface area contributed by atoms with E-state index in [1.54, 1.807) is 6.20 Å². The van der Waals surface area contributed by atoms with Gasteiger partial charge in [-0.1, -0.05) is 25.1 Å². The van der Waals surface area contributed by atoms with Crippen molar-refractivity contribution < 1.29 is 14.3 Å². The predicted molar refractivity (Wildman–Crippen MR) is 121 cm³/mol. The number of aromatic nitrogens is 3. The molecule has 0 saturated heterocycles. The molecule has 4 aromatic rings. The number of benzene rings is 1. The van der Waals surface area contributed by atoms with E-state index in [1.165, 1.54) is 11.3 Å². The van der Waals surface area contributed by atoms with Crippen molar-refractivity contribution in [2.45, 2.75) is 34.1 Å². The number of pyridine rings is 1. The fourth-order valence-corrected chi connectivity index (χ4v) is 4.66. The quantitative estimate of drug-likeness (QED) is 0.316. The first kappa shape index (κ1) is 20.9. The second-order valence-electron chi connectivity index (χ2n) is 7.36. The highest BCUT2D eigenvalue weighted by atomic mass is 32.1. The molecule has 3 heterocycles. The lowest BCUT2D eigenvalue weighted by Crippen LogP contribution is -2.17. The van der Waals surface area contributed by atoms with E-state index in [2.05, 4.69) is 9.97 Å². The number of esters is 1. The zero-order chi connectivity index (χ0) is 22.1. The van der Waals surface area contributed by atoms with E-state index in [-0.39, 0.29) is 12.4 Å². The molecule has 0 bridgehead atoms. The maximum absolute atomic E-state index is 13.0. The lowest BCUT2D eigenvalue weighted by atomic mass is 10.0. The van der Waals surface area contributed by atoms with Crippen LogP contribution in [-0.2, 0) is 11.2 Å². The van der Waals surface area contributed by atoms with Crippen molar-refractivity contribution in [1.82, 2.24) is 14.5 Å². The number of ether oxygens (including phenoxy) is 1. The molecule has 0 aliphatic heterocycles. The molecule has 7 heteroatoms. The van der Waals surface area contributed by atoms with Crippen LogP contribution in [0.2, 0.25) is 0 Å². The Kier molecular flexibility index (Phi) is 5.69. The minimum absolute atomic E-state index is 0.240. The number of Topliss-reactive ketones (excluding diaryl/α,β-unsaturated/α-hetero) is 1. The van der Waals surface area contributed by atoms with Crippen molar-refractivity contribution in [3.05, 3.63) is 75.7 Å². The average Bonchev–Trinajstić information content (AvgIpc) is 3.38. The first-order chi connectivity index (χ1) is 14.9. The van der Waals surface area contributed by atoms with Gasteiger partial charge in [0.1, 0.15) is 0 Å². The molecular formula is C24H23N3O3S. The van der Waals surface area contributed by atoms with Crippen LogP contribution in [0.3, 0.4) is 0 Å². The molecule has 0 radical (unpaired) electrons. The summed E-state index contributed by atoms with van der Waals surface area (Å²) in [7, 11) is 0. The summed E-state index contributed by atoms with van der Waals surface area (Å²) in [5, 5.41) is 3.43. The zero-order valence-corrected chi connectivity index (χ0v) is 18.7. The van der Waals surface area contributed by atoms with Gasteiger partial charge in [0, 0.05) is 39.6 Å². The van der Waals surface area contributed by atoms with Crippen LogP contribution in [0, 0.1) is 20.8 Å². The summed E-state index contributed by atoms with van der Waals surface area (Å²) in [4.78, 5) is 34.9. The summed E-state index contributed by atoms with van der Waals surface area (Å²) in [6.07, 6.45) is 2.44. The molecule has 4 rings (SSSR count). The third-order valence-corrected chi connectivity index (χ3v) is 6.21. The Morgan fingerprint density at radius 2 is 1.94 bits per heavy atom. The fraction of sp³-hybridized carbons (Fsp3) is 0.250. The van der Waals surface area contributed by atoms with Gasteiger partial charge in [-0.15, -0.1) is 11.3 Å². The number of carbonyl (C=O) groups excluding carboxylic acids is 2. The van der Waals surface area contributed by atoms with Crippen LogP contribution >= 0.6 is 11.3 Å². The Bertz CT molecular complexity index is 1290. The minimum atomic E-state index is -0.507. The average molecular weight is 434 g/mol. The van der Waals surface area contributed by atoms with Gasteiger partial charge in [-0.25, -0.2) is 9.78 Å². The van der Waals surface area contributed by atoms with Crippen molar-refractivity contribution in [3.63, 3.8) is 0 Å². The van der Waals surface area contributed by atoms with Gasteiger partial charge >= 0.3 is 5.97 Å². The van der Waals surface area contributed by atoms with Crippen LogP contribution in [0.4, 0.5) is 0 Å². The first-order valence-electron chi connectivity index (χ1n) is 10.1. The van der Waals surface area contributed by atoms with Gasteiger partial charge in [0.25, 0.3) is 0 Å². The van der Waals surface area contributed by atoms with Crippen LogP contribution in [-0.4, -0.2) is 32.9 Å². The summed E-state index contributed by atoms with van der Waals surface area (Å²) < 4.78 is 7.43. The van der Waals surface area contributed by atoms with Gasteiger partial charge in [-0.2, -0.15) is 0 Å². The van der Waals surface area contributed by atoms with Crippen LogP contribution in [0.25, 0.3) is 16.0 Å². The van der Waals surface area contributed by atoms with Crippen LogP contribution in [0.15, 0.2) is 41.9 Å². The second-order valence-corrected chi connectivity index (χ2v) is 8.24. The van der Waals surface area contributed by atoms with Crippen molar-refractivity contribution in [2.24, 2.45) is 0 Å². The Balaban J connectivity index is 1.60. The predicted octanol–water partition coefficient (Wildman–Crippen LogP) is 5.01. The summed E-state index contributed by atoms with van der Waals surface area (Å²) in [6.45, 7) is 7.35. The molecule has 0 amide bonds. The summed E-state index contributed by atoms with van der Waals surface area (Å²) in [5.74, 6) is -0.746. The highest BCUT2D eigenvalue weighted by Gasteiger charge is 2.22. The van der Waals surface area contributed by atoms with Crippen molar-refractivity contribution in [3.8, 4) is 5.13 Å². The molecule has 0 spiro atoms. The van der Waals surface area contributed by atoms with Crippen molar-refractivity contribution >= 4 is 34.0 Å². The van der Waals surface area contributed by atoms with Crippen LogP contribution in [0.1, 0.15) is 50.3 Å². The van der Waals surface area contributed by atoms with E-state index in [0.717, 1.165) is 38.7 Å². The minimum Gasteiger partial charge on any atom is -0.454 e. The van der Waals surface area contributed by atoms with Crippen LogP contribution in [0.5, 0.6) is 0 Å². The van der Waals surface area contributed by atoms with Gasteiger partial charge < -0.3 is 4.74 Å². The number of fused-ring (bicyclic) bond motifs is 1. The first-order valence-corrected chi connectivity index (χ1v) is 11.0. The van der Waals surface area contributed by atoms with E-state index >= 15 is 0 Å². The monoisotopic (exact) mass is 433 g/mol. The fourth-order valence-electron chi connectivity index (χ4n) is 3.91. The SMILES string of the molecule is CCc1nc2ccccc2c(C(=O)OCC(=O)c2cc(C)n(-c3nccs3)c2C)c1C. The zero-order valence-electron chi connectivity index (χ0n) is 17.9. The number of ketones is 1. The number of carbonyl (C=O) groups is 2. The highest BCUT2D eigenvalue weighted by molar-refractivity contribution is 7.12. The lowest BCUT2D eigenvalue weighted by molar-refractivity contribution is 0.0475. The molecule has 0 fully saturated rings. The lowest BCUT2D eigenvalue weighted by Gasteiger charge is -2.13. The molecule has 0 N–H and O–H groups in total. The smallest absolute Gasteiger partial charge is 0.339 e. The number of thiazole rings is 1. The number of hydrogen-bond acceptors (Lipinski definition) is 6. The molecular weight excluding hydrogens is 410 g/mol. The molecule has 31 heavy (non-hydrogen) atoms.